The molecule has 1 N–H and O–H groups in total. The lowest BCUT2D eigenvalue weighted by Gasteiger charge is -2.16. The quantitative estimate of drug-likeness (QED) is 0.874. The highest BCUT2D eigenvalue weighted by Gasteiger charge is 2.11. The van der Waals surface area contributed by atoms with E-state index in [1.165, 1.54) is 0 Å². The smallest absolute Gasteiger partial charge is 0.133 e. The van der Waals surface area contributed by atoms with Gasteiger partial charge in [0.1, 0.15) is 17.2 Å². The number of nitrogens with one attached hydrogen (secondary N) is 1. The monoisotopic (exact) mass is 274 g/mol. The Kier molecular flexibility index (Phi) is 4.79. The number of para-hydroxylation sites is 1. The molecular weight excluding hydrogens is 252 g/mol. The average Bonchev–Trinajstić information content (AvgIpc) is 2.83. The minimum absolute atomic E-state index is 0.138. The highest BCUT2D eigenvalue weighted by Crippen LogP contribution is 2.20. The molecule has 0 aliphatic rings. The zero-order valence-corrected chi connectivity index (χ0v) is 12.5. The van der Waals surface area contributed by atoms with Crippen LogP contribution in [0.1, 0.15) is 43.8 Å². The van der Waals surface area contributed by atoms with Crippen molar-refractivity contribution in [2.75, 3.05) is 0 Å². The summed E-state index contributed by atoms with van der Waals surface area (Å²) in [6.07, 6.45) is 0.173. The largest absolute Gasteiger partial charge is 0.491 e. The summed E-state index contributed by atoms with van der Waals surface area (Å²) >= 11 is 0. The van der Waals surface area contributed by atoms with Crippen molar-refractivity contribution in [3.8, 4) is 5.75 Å². The van der Waals surface area contributed by atoms with E-state index in [9.17, 15) is 0 Å². The second kappa shape index (κ2) is 6.57. The lowest BCUT2D eigenvalue weighted by atomic mass is 10.1. The molecule has 0 spiro atoms. The SMILES string of the molecule is Cc1cc([C@@H](C)NCc2ccccc2OC(C)C)no1. The normalized spacial score (nSPS) is 12.7. The summed E-state index contributed by atoms with van der Waals surface area (Å²) < 4.78 is 10.9. The number of ether oxygens (including phenoxy) is 1. The van der Waals surface area contributed by atoms with Gasteiger partial charge in [0.2, 0.25) is 0 Å². The molecule has 0 radical (unpaired) electrons. The van der Waals surface area contributed by atoms with E-state index in [2.05, 4.69) is 23.5 Å². The zero-order valence-electron chi connectivity index (χ0n) is 12.5. The van der Waals surface area contributed by atoms with E-state index in [0.29, 0.717) is 0 Å². The molecule has 0 unspecified atom stereocenters. The van der Waals surface area contributed by atoms with Gasteiger partial charge in [-0.05, 0) is 33.8 Å². The van der Waals surface area contributed by atoms with Crippen molar-refractivity contribution in [1.29, 1.82) is 0 Å². The molecule has 1 aromatic heterocycles. The molecule has 108 valence electrons. The number of hydrogen-bond donors (Lipinski definition) is 1. The topological polar surface area (TPSA) is 47.3 Å². The van der Waals surface area contributed by atoms with Crippen LogP contribution in [0.5, 0.6) is 5.75 Å². The van der Waals surface area contributed by atoms with Gasteiger partial charge in [-0.1, -0.05) is 23.4 Å². The second-order valence-corrected chi connectivity index (χ2v) is 5.24. The third kappa shape index (κ3) is 3.84. The van der Waals surface area contributed by atoms with E-state index in [1.54, 1.807) is 0 Å². The molecule has 0 aliphatic carbocycles. The van der Waals surface area contributed by atoms with Crippen molar-refractivity contribution in [2.45, 2.75) is 46.4 Å². The van der Waals surface area contributed by atoms with Gasteiger partial charge in [-0.25, -0.2) is 0 Å². The Morgan fingerprint density at radius 1 is 1.25 bits per heavy atom. The number of aromatic nitrogens is 1. The summed E-state index contributed by atoms with van der Waals surface area (Å²) in [5.41, 5.74) is 2.07. The molecule has 0 amide bonds. The zero-order chi connectivity index (χ0) is 14.5. The molecule has 0 saturated heterocycles. The second-order valence-electron chi connectivity index (χ2n) is 5.24. The molecule has 4 nitrogen and oxygen atoms in total. The first-order chi connectivity index (χ1) is 9.56. The molecular formula is C16H22N2O2. The van der Waals surface area contributed by atoms with Gasteiger partial charge in [-0.3, -0.25) is 0 Å². The van der Waals surface area contributed by atoms with Crippen molar-refractivity contribution in [2.24, 2.45) is 0 Å². The van der Waals surface area contributed by atoms with Crippen LogP contribution in [-0.4, -0.2) is 11.3 Å². The van der Waals surface area contributed by atoms with Crippen LogP contribution in [0.4, 0.5) is 0 Å². The Labute approximate surface area is 120 Å². The highest BCUT2D eigenvalue weighted by molar-refractivity contribution is 5.33. The fourth-order valence-electron chi connectivity index (χ4n) is 1.98. The van der Waals surface area contributed by atoms with Crippen LogP contribution < -0.4 is 10.1 Å². The fourth-order valence-corrected chi connectivity index (χ4v) is 1.98. The Morgan fingerprint density at radius 3 is 2.65 bits per heavy atom. The molecule has 1 heterocycles. The van der Waals surface area contributed by atoms with Crippen molar-refractivity contribution in [3.05, 3.63) is 47.3 Å². The van der Waals surface area contributed by atoms with Crippen LogP contribution in [0.25, 0.3) is 0 Å². The van der Waals surface area contributed by atoms with Crippen LogP contribution in [0.3, 0.4) is 0 Å². The molecule has 2 rings (SSSR count). The predicted molar refractivity (Wildman–Crippen MR) is 78.7 cm³/mol. The minimum Gasteiger partial charge on any atom is -0.491 e. The van der Waals surface area contributed by atoms with Crippen LogP contribution >= 0.6 is 0 Å². The van der Waals surface area contributed by atoms with E-state index in [4.69, 9.17) is 9.26 Å². The van der Waals surface area contributed by atoms with Crippen molar-refractivity contribution >= 4 is 0 Å². The Balaban J connectivity index is 2.00. The van der Waals surface area contributed by atoms with E-state index >= 15 is 0 Å². The van der Waals surface area contributed by atoms with Gasteiger partial charge in [0.25, 0.3) is 0 Å². The summed E-state index contributed by atoms with van der Waals surface area (Å²) in [4.78, 5) is 0. The Hall–Kier alpha value is -1.81. The van der Waals surface area contributed by atoms with Gasteiger partial charge < -0.3 is 14.6 Å². The molecule has 0 aliphatic heterocycles. The number of hydrogen-bond acceptors (Lipinski definition) is 4. The van der Waals surface area contributed by atoms with Gasteiger partial charge in [0.15, 0.2) is 0 Å². The highest BCUT2D eigenvalue weighted by atomic mass is 16.5. The first-order valence-electron chi connectivity index (χ1n) is 6.97. The van der Waals surface area contributed by atoms with Crippen molar-refractivity contribution in [1.82, 2.24) is 10.5 Å². The fraction of sp³-hybridized carbons (Fsp3) is 0.438. The minimum atomic E-state index is 0.138. The molecule has 0 saturated carbocycles. The summed E-state index contributed by atoms with van der Waals surface area (Å²) in [5, 5.41) is 7.47. The lowest BCUT2D eigenvalue weighted by Crippen LogP contribution is -2.19. The predicted octanol–water partition coefficient (Wildman–Crippen LogP) is 3.62. The first-order valence-corrected chi connectivity index (χ1v) is 6.97. The number of aryl methyl sites for hydroxylation is 1. The van der Waals surface area contributed by atoms with E-state index in [0.717, 1.165) is 29.3 Å². The Morgan fingerprint density at radius 2 is 2.00 bits per heavy atom. The first kappa shape index (κ1) is 14.6. The maximum Gasteiger partial charge on any atom is 0.133 e. The third-order valence-corrected chi connectivity index (χ3v) is 3.02. The van der Waals surface area contributed by atoms with Crippen LogP contribution in [-0.2, 0) is 6.54 Å². The maximum absolute atomic E-state index is 5.81. The van der Waals surface area contributed by atoms with Crippen LogP contribution in [0.15, 0.2) is 34.9 Å². The van der Waals surface area contributed by atoms with Gasteiger partial charge in [0, 0.05) is 18.2 Å². The molecule has 20 heavy (non-hydrogen) atoms. The van der Waals surface area contributed by atoms with Gasteiger partial charge in [-0.15, -0.1) is 0 Å². The van der Waals surface area contributed by atoms with Crippen LogP contribution in [0, 0.1) is 6.92 Å². The molecule has 1 aromatic carbocycles. The summed E-state index contributed by atoms with van der Waals surface area (Å²) in [6, 6.07) is 10.2. The van der Waals surface area contributed by atoms with E-state index in [1.807, 2.05) is 45.0 Å². The third-order valence-electron chi connectivity index (χ3n) is 3.02. The van der Waals surface area contributed by atoms with Crippen molar-refractivity contribution in [3.63, 3.8) is 0 Å². The molecule has 0 fully saturated rings. The molecule has 1 atom stereocenters. The Bertz CT molecular complexity index is 549. The van der Waals surface area contributed by atoms with E-state index < -0.39 is 0 Å². The number of rotatable bonds is 6. The van der Waals surface area contributed by atoms with Gasteiger partial charge in [-0.2, -0.15) is 0 Å². The van der Waals surface area contributed by atoms with E-state index in [-0.39, 0.29) is 12.1 Å². The van der Waals surface area contributed by atoms with Crippen LogP contribution in [0.2, 0.25) is 0 Å². The summed E-state index contributed by atoms with van der Waals surface area (Å²) in [6.45, 7) is 8.77. The molecule has 4 heteroatoms. The molecule has 0 bridgehead atoms. The van der Waals surface area contributed by atoms with Gasteiger partial charge >= 0.3 is 0 Å². The number of nitrogens with zero attached hydrogens (tertiary/aromatic N) is 1. The van der Waals surface area contributed by atoms with Gasteiger partial charge in [0.05, 0.1) is 12.1 Å². The average molecular weight is 274 g/mol. The molecule has 2 aromatic rings. The standard InChI is InChI=1S/C16H22N2O2/c1-11(2)19-16-8-6-5-7-14(16)10-17-13(4)15-9-12(3)20-18-15/h5-9,11,13,17H,10H2,1-4H3/t13-/m1/s1. The number of benzene rings is 1. The maximum atomic E-state index is 5.81. The summed E-state index contributed by atoms with van der Waals surface area (Å²) in [5.74, 6) is 1.76. The van der Waals surface area contributed by atoms with Crippen molar-refractivity contribution < 1.29 is 9.26 Å². The summed E-state index contributed by atoms with van der Waals surface area (Å²) in [7, 11) is 0. The lowest BCUT2D eigenvalue weighted by molar-refractivity contribution is 0.239.